The van der Waals surface area contributed by atoms with Crippen molar-refractivity contribution in [1.29, 1.82) is 0 Å². The molecule has 0 aliphatic rings. The lowest BCUT2D eigenvalue weighted by Crippen LogP contribution is -2.16. The van der Waals surface area contributed by atoms with Crippen molar-refractivity contribution < 1.29 is 43.9 Å². The second-order valence-electron chi connectivity index (χ2n) is 5.03. The van der Waals surface area contributed by atoms with E-state index in [0.29, 0.717) is 6.07 Å². The van der Waals surface area contributed by atoms with Crippen molar-refractivity contribution in [2.45, 2.75) is 19.3 Å². The fourth-order valence-electron chi connectivity index (χ4n) is 2.22. The second-order valence-corrected chi connectivity index (χ2v) is 5.03. The quantitative estimate of drug-likeness (QED) is 0.407. The van der Waals surface area contributed by atoms with E-state index in [1.807, 2.05) is 0 Å². The van der Waals surface area contributed by atoms with Gasteiger partial charge < -0.3 is 0 Å². The molecule has 0 fully saturated rings. The molecule has 2 rings (SSSR count). The molecule has 0 atom stereocenters. The third-order valence-corrected chi connectivity index (χ3v) is 3.38. The standard InChI is InChI=1S/C15H6F10/c1-5-2-3-6(4-7(5)14(20,21)22)8-10(16)12(18)9(15(23,24)25)13(19)11(8)17/h2-4H,1H3. The fourth-order valence-corrected chi connectivity index (χ4v) is 2.22. The second kappa shape index (κ2) is 5.92. The summed E-state index contributed by atoms with van der Waals surface area (Å²) < 4.78 is 131. The molecule has 0 heterocycles. The van der Waals surface area contributed by atoms with Gasteiger partial charge in [-0.1, -0.05) is 12.1 Å². The van der Waals surface area contributed by atoms with Crippen LogP contribution in [0, 0.1) is 30.2 Å². The molecule has 0 amide bonds. The van der Waals surface area contributed by atoms with Crippen LogP contribution in [0.4, 0.5) is 43.9 Å². The topological polar surface area (TPSA) is 0 Å². The number of alkyl halides is 6. The van der Waals surface area contributed by atoms with E-state index in [0.717, 1.165) is 13.0 Å². The summed E-state index contributed by atoms with van der Waals surface area (Å²) in [7, 11) is 0. The van der Waals surface area contributed by atoms with Crippen molar-refractivity contribution >= 4 is 0 Å². The summed E-state index contributed by atoms with van der Waals surface area (Å²) in [6.07, 6.45) is -10.7. The molecular formula is C15H6F10. The Morgan fingerprint density at radius 3 is 1.56 bits per heavy atom. The van der Waals surface area contributed by atoms with Crippen LogP contribution < -0.4 is 0 Å². The molecule has 0 unspecified atom stereocenters. The molecule has 0 saturated carbocycles. The number of hydrogen-bond acceptors (Lipinski definition) is 0. The van der Waals surface area contributed by atoms with Crippen molar-refractivity contribution in [3.8, 4) is 11.1 Å². The van der Waals surface area contributed by atoms with Gasteiger partial charge in [0.25, 0.3) is 0 Å². The van der Waals surface area contributed by atoms with Crippen LogP contribution in [0.15, 0.2) is 18.2 Å². The van der Waals surface area contributed by atoms with Crippen LogP contribution in [-0.2, 0) is 12.4 Å². The lowest BCUT2D eigenvalue weighted by molar-refractivity contribution is -0.143. The molecule has 2 aromatic rings. The Morgan fingerprint density at radius 2 is 1.16 bits per heavy atom. The first-order valence-corrected chi connectivity index (χ1v) is 6.38. The summed E-state index contributed by atoms with van der Waals surface area (Å²) in [5.74, 6) is -10.4. The Hall–Kier alpha value is -2.26. The van der Waals surface area contributed by atoms with E-state index in [1.165, 1.54) is 0 Å². The van der Waals surface area contributed by atoms with Crippen LogP contribution in [0.25, 0.3) is 11.1 Å². The Bertz CT molecular complexity index is 801. The minimum Gasteiger partial charge on any atom is -0.203 e. The average molecular weight is 376 g/mol. The molecule has 0 bridgehead atoms. The SMILES string of the molecule is Cc1ccc(-c2c(F)c(F)c(C(F)(F)F)c(F)c2F)cc1C(F)(F)F. The average Bonchev–Trinajstić information content (AvgIpc) is 2.44. The normalized spacial score (nSPS) is 12.6. The molecule has 0 nitrogen and oxygen atoms in total. The molecule has 0 N–H and O–H groups in total. The van der Waals surface area contributed by atoms with Crippen LogP contribution >= 0.6 is 0 Å². The first kappa shape index (κ1) is 19.1. The van der Waals surface area contributed by atoms with Gasteiger partial charge in [0.2, 0.25) is 0 Å². The molecule has 25 heavy (non-hydrogen) atoms. The van der Waals surface area contributed by atoms with Crippen LogP contribution in [0.2, 0.25) is 0 Å². The van der Waals surface area contributed by atoms with Crippen molar-refractivity contribution in [3.05, 3.63) is 58.2 Å². The van der Waals surface area contributed by atoms with E-state index in [-0.39, 0.29) is 11.6 Å². The van der Waals surface area contributed by atoms with E-state index in [1.54, 1.807) is 0 Å². The highest BCUT2D eigenvalue weighted by molar-refractivity contribution is 5.67. The summed E-state index contributed by atoms with van der Waals surface area (Å²) in [5.41, 5.74) is -7.13. The van der Waals surface area contributed by atoms with Gasteiger partial charge >= 0.3 is 12.4 Å². The van der Waals surface area contributed by atoms with Gasteiger partial charge in [0.1, 0.15) is 5.56 Å². The van der Waals surface area contributed by atoms with Gasteiger partial charge in [-0.2, -0.15) is 26.3 Å². The first-order valence-electron chi connectivity index (χ1n) is 6.38. The maximum atomic E-state index is 13.9. The fraction of sp³-hybridized carbons (Fsp3) is 0.200. The molecule has 136 valence electrons. The Labute approximate surface area is 133 Å². The summed E-state index contributed by atoms with van der Waals surface area (Å²) in [6.45, 7) is 1.02. The van der Waals surface area contributed by atoms with Crippen LogP contribution in [-0.4, -0.2) is 0 Å². The summed E-state index contributed by atoms with van der Waals surface area (Å²) in [6, 6.07) is 1.67. The zero-order valence-electron chi connectivity index (χ0n) is 12.0. The predicted octanol–water partition coefficient (Wildman–Crippen LogP) is 6.26. The van der Waals surface area contributed by atoms with Crippen LogP contribution in [0.5, 0.6) is 0 Å². The smallest absolute Gasteiger partial charge is 0.203 e. The molecule has 0 saturated heterocycles. The molecule has 0 aliphatic carbocycles. The van der Waals surface area contributed by atoms with Gasteiger partial charge in [0, 0.05) is 0 Å². The first-order chi connectivity index (χ1) is 11.3. The molecule has 0 aromatic heterocycles. The van der Waals surface area contributed by atoms with Crippen LogP contribution in [0.1, 0.15) is 16.7 Å². The number of benzene rings is 2. The zero-order valence-corrected chi connectivity index (χ0v) is 12.0. The van der Waals surface area contributed by atoms with Crippen LogP contribution in [0.3, 0.4) is 0 Å². The maximum Gasteiger partial charge on any atom is 0.422 e. The minimum atomic E-state index is -5.74. The minimum absolute atomic E-state index is 0.197. The number of halogens is 10. The summed E-state index contributed by atoms with van der Waals surface area (Å²) >= 11 is 0. The molecule has 10 heteroatoms. The predicted molar refractivity (Wildman–Crippen MR) is 66.5 cm³/mol. The highest BCUT2D eigenvalue weighted by Gasteiger charge is 2.42. The molecular weight excluding hydrogens is 370 g/mol. The molecule has 0 spiro atoms. The lowest BCUT2D eigenvalue weighted by Gasteiger charge is -2.16. The van der Waals surface area contributed by atoms with E-state index >= 15 is 0 Å². The maximum absolute atomic E-state index is 13.9. The van der Waals surface area contributed by atoms with E-state index < -0.39 is 57.9 Å². The van der Waals surface area contributed by atoms with Crippen molar-refractivity contribution in [2.24, 2.45) is 0 Å². The van der Waals surface area contributed by atoms with Crippen molar-refractivity contribution in [3.63, 3.8) is 0 Å². The Balaban J connectivity index is 2.83. The summed E-state index contributed by atoms with van der Waals surface area (Å²) in [4.78, 5) is 0. The largest absolute Gasteiger partial charge is 0.422 e. The highest BCUT2D eigenvalue weighted by Crippen LogP contribution is 2.41. The summed E-state index contributed by atoms with van der Waals surface area (Å²) in [5, 5.41) is 0. The van der Waals surface area contributed by atoms with Gasteiger partial charge in [-0.3, -0.25) is 0 Å². The van der Waals surface area contributed by atoms with Gasteiger partial charge in [-0.15, -0.1) is 0 Å². The molecule has 2 aromatic carbocycles. The Morgan fingerprint density at radius 1 is 0.680 bits per heavy atom. The van der Waals surface area contributed by atoms with E-state index in [9.17, 15) is 43.9 Å². The monoisotopic (exact) mass is 376 g/mol. The highest BCUT2D eigenvalue weighted by atomic mass is 19.4. The van der Waals surface area contributed by atoms with Crippen molar-refractivity contribution in [2.75, 3.05) is 0 Å². The van der Waals surface area contributed by atoms with Gasteiger partial charge in [-0.25, -0.2) is 17.6 Å². The number of hydrogen-bond donors (Lipinski definition) is 0. The third-order valence-electron chi connectivity index (χ3n) is 3.38. The molecule has 0 radical (unpaired) electrons. The third kappa shape index (κ3) is 3.29. The lowest BCUT2D eigenvalue weighted by atomic mass is 9.96. The Kier molecular flexibility index (Phi) is 4.52. The zero-order chi connectivity index (χ0) is 19.3. The molecule has 0 aliphatic heterocycles. The number of rotatable bonds is 1. The van der Waals surface area contributed by atoms with Gasteiger partial charge in [0.15, 0.2) is 23.3 Å². The van der Waals surface area contributed by atoms with E-state index in [2.05, 4.69) is 0 Å². The van der Waals surface area contributed by atoms with Crippen molar-refractivity contribution in [1.82, 2.24) is 0 Å². The van der Waals surface area contributed by atoms with E-state index in [4.69, 9.17) is 0 Å². The van der Waals surface area contributed by atoms with Gasteiger partial charge in [-0.05, 0) is 24.1 Å². The van der Waals surface area contributed by atoms with Gasteiger partial charge in [0.05, 0.1) is 11.1 Å². The number of aryl methyl sites for hydroxylation is 1.